The monoisotopic (exact) mass is 450 g/mol. The van der Waals surface area contributed by atoms with Crippen molar-refractivity contribution in [2.75, 3.05) is 11.1 Å². The molecule has 0 fully saturated rings. The molecule has 4 rings (SSSR count). The first-order valence-electron chi connectivity index (χ1n) is 9.54. The number of fused-ring (bicyclic) bond motifs is 1. The molecule has 0 aliphatic carbocycles. The van der Waals surface area contributed by atoms with E-state index in [2.05, 4.69) is 20.4 Å². The summed E-state index contributed by atoms with van der Waals surface area (Å²) in [5, 5.41) is 18.4. The van der Waals surface area contributed by atoms with E-state index in [9.17, 15) is 19.7 Å². The molecule has 11 heteroatoms. The molecule has 2 aromatic carbocycles. The van der Waals surface area contributed by atoms with Crippen molar-refractivity contribution in [2.45, 2.75) is 19.0 Å². The summed E-state index contributed by atoms with van der Waals surface area (Å²) in [5.41, 5.74) is 3.17. The van der Waals surface area contributed by atoms with Crippen molar-refractivity contribution in [1.29, 1.82) is 0 Å². The number of carbonyl (C=O) groups is 1. The van der Waals surface area contributed by atoms with Gasteiger partial charge >= 0.3 is 0 Å². The zero-order valence-corrected chi connectivity index (χ0v) is 18.0. The van der Waals surface area contributed by atoms with E-state index in [0.717, 1.165) is 22.9 Å². The number of nitrogens with zero attached hydrogens (tertiary/aromatic N) is 4. The summed E-state index contributed by atoms with van der Waals surface area (Å²) < 4.78 is 1.42. The lowest BCUT2D eigenvalue weighted by Crippen LogP contribution is -2.16. The van der Waals surface area contributed by atoms with Gasteiger partial charge in [-0.3, -0.25) is 19.7 Å². The number of rotatable bonds is 6. The Morgan fingerprint density at radius 2 is 1.88 bits per heavy atom. The normalized spacial score (nSPS) is 10.9. The molecule has 0 spiro atoms. The highest BCUT2D eigenvalue weighted by Crippen LogP contribution is 2.20. The van der Waals surface area contributed by atoms with E-state index >= 15 is 0 Å². The summed E-state index contributed by atoms with van der Waals surface area (Å²) in [6.07, 6.45) is 1.38. The lowest BCUT2D eigenvalue weighted by molar-refractivity contribution is -0.384. The van der Waals surface area contributed by atoms with Crippen molar-refractivity contribution in [2.24, 2.45) is 0 Å². The maximum atomic E-state index is 12.4. The summed E-state index contributed by atoms with van der Waals surface area (Å²) in [5.74, 6) is -0.181. The van der Waals surface area contributed by atoms with Crippen LogP contribution >= 0.6 is 11.8 Å². The lowest BCUT2D eigenvalue weighted by Gasteiger charge is -2.07. The minimum absolute atomic E-state index is 0.0487. The predicted octanol–water partition coefficient (Wildman–Crippen LogP) is 3.36. The van der Waals surface area contributed by atoms with E-state index in [4.69, 9.17) is 0 Å². The predicted molar refractivity (Wildman–Crippen MR) is 121 cm³/mol. The lowest BCUT2D eigenvalue weighted by atomic mass is 10.1. The van der Waals surface area contributed by atoms with Crippen molar-refractivity contribution in [3.63, 3.8) is 0 Å². The fourth-order valence-electron chi connectivity index (χ4n) is 3.25. The number of hydrogen-bond acceptors (Lipinski definition) is 7. The van der Waals surface area contributed by atoms with Gasteiger partial charge in [0.2, 0.25) is 5.91 Å². The fourth-order valence-corrected chi connectivity index (χ4v) is 3.90. The second-order valence-electron chi connectivity index (χ2n) is 7.15. The number of hydrogen-bond donors (Lipinski definition) is 2. The molecule has 4 aromatic rings. The zero-order valence-electron chi connectivity index (χ0n) is 17.2. The number of H-pyrrole nitrogens is 1. The molecule has 0 aliphatic rings. The number of aryl methyl sites for hydroxylation is 2. The first kappa shape index (κ1) is 21.2. The molecule has 0 bridgehead atoms. The number of non-ortho nitro benzene ring substituents is 1. The largest absolute Gasteiger partial charge is 0.325 e. The van der Waals surface area contributed by atoms with Crippen molar-refractivity contribution in [3.8, 4) is 5.69 Å². The molecule has 1 amide bonds. The van der Waals surface area contributed by atoms with Gasteiger partial charge in [-0.25, -0.2) is 9.67 Å². The minimum atomic E-state index is -0.494. The molecule has 0 unspecified atom stereocenters. The van der Waals surface area contributed by atoms with Gasteiger partial charge in [-0.2, -0.15) is 5.10 Å². The zero-order chi connectivity index (χ0) is 22.8. The Hall–Kier alpha value is -3.99. The van der Waals surface area contributed by atoms with Crippen LogP contribution in [0.1, 0.15) is 11.1 Å². The van der Waals surface area contributed by atoms with Crippen molar-refractivity contribution in [1.82, 2.24) is 19.7 Å². The number of aromatic amines is 1. The number of aromatic nitrogens is 4. The molecule has 0 radical (unpaired) electrons. The third-order valence-corrected chi connectivity index (χ3v) is 5.44. The van der Waals surface area contributed by atoms with Gasteiger partial charge in [0, 0.05) is 17.8 Å². The quantitative estimate of drug-likeness (QED) is 0.199. The van der Waals surface area contributed by atoms with Gasteiger partial charge in [0.05, 0.1) is 22.6 Å². The van der Waals surface area contributed by atoms with E-state index in [1.165, 1.54) is 35.1 Å². The SMILES string of the molecule is Cc1cc(C)cc(NC(=O)CSc2nc3c(cnn3-c3ccc([N+](=O)[O-])cc3)c(=O)[nH]2)c1. The number of benzene rings is 2. The van der Waals surface area contributed by atoms with Crippen LogP contribution in [-0.2, 0) is 4.79 Å². The van der Waals surface area contributed by atoms with Crippen molar-refractivity contribution < 1.29 is 9.72 Å². The highest BCUT2D eigenvalue weighted by molar-refractivity contribution is 7.99. The van der Waals surface area contributed by atoms with Crippen LogP contribution in [0.2, 0.25) is 0 Å². The van der Waals surface area contributed by atoms with Gasteiger partial charge in [-0.1, -0.05) is 17.8 Å². The van der Waals surface area contributed by atoms with E-state index in [1.54, 1.807) is 0 Å². The summed E-state index contributed by atoms with van der Waals surface area (Å²) in [7, 11) is 0. The number of nitrogens with one attached hydrogen (secondary N) is 2. The second-order valence-corrected chi connectivity index (χ2v) is 8.12. The van der Waals surface area contributed by atoms with Gasteiger partial charge in [-0.15, -0.1) is 0 Å². The molecule has 162 valence electrons. The van der Waals surface area contributed by atoms with E-state index in [0.29, 0.717) is 17.0 Å². The molecule has 0 saturated carbocycles. The van der Waals surface area contributed by atoms with Crippen molar-refractivity contribution in [3.05, 3.63) is 80.3 Å². The highest BCUT2D eigenvalue weighted by atomic mass is 32.2. The summed E-state index contributed by atoms with van der Waals surface area (Å²) in [4.78, 5) is 42.3. The summed E-state index contributed by atoms with van der Waals surface area (Å²) in [6.45, 7) is 3.91. The maximum Gasteiger partial charge on any atom is 0.269 e. The summed E-state index contributed by atoms with van der Waals surface area (Å²) >= 11 is 1.09. The molecule has 2 N–H and O–H groups in total. The number of nitro benzene ring substituents is 1. The highest BCUT2D eigenvalue weighted by Gasteiger charge is 2.14. The van der Waals surface area contributed by atoms with Crippen LogP contribution in [0.5, 0.6) is 0 Å². The smallest absolute Gasteiger partial charge is 0.269 e. The van der Waals surface area contributed by atoms with Gasteiger partial charge in [0.1, 0.15) is 5.39 Å². The molecular weight excluding hydrogens is 432 g/mol. The minimum Gasteiger partial charge on any atom is -0.325 e. The molecule has 0 atom stereocenters. The van der Waals surface area contributed by atoms with E-state index in [1.807, 2.05) is 32.0 Å². The van der Waals surface area contributed by atoms with Gasteiger partial charge in [-0.05, 0) is 49.2 Å². The number of amides is 1. The third-order valence-electron chi connectivity index (χ3n) is 4.57. The average molecular weight is 450 g/mol. The molecule has 32 heavy (non-hydrogen) atoms. The number of nitro groups is 1. The van der Waals surface area contributed by atoms with Crippen LogP contribution in [-0.4, -0.2) is 36.3 Å². The molecular formula is C21H18N6O4S. The first-order chi connectivity index (χ1) is 15.3. The Bertz CT molecular complexity index is 1370. The van der Waals surface area contributed by atoms with Crippen molar-refractivity contribution >= 4 is 40.1 Å². The molecule has 2 heterocycles. The Morgan fingerprint density at radius 1 is 1.19 bits per heavy atom. The molecule has 10 nitrogen and oxygen atoms in total. The van der Waals surface area contributed by atoms with Gasteiger partial charge in [0.15, 0.2) is 10.8 Å². The third kappa shape index (κ3) is 4.52. The van der Waals surface area contributed by atoms with E-state index < -0.39 is 4.92 Å². The fraction of sp³-hybridized carbons (Fsp3) is 0.143. The Balaban J connectivity index is 1.54. The van der Waals surface area contributed by atoms with Crippen LogP contribution < -0.4 is 10.9 Å². The molecule has 2 aromatic heterocycles. The van der Waals surface area contributed by atoms with Gasteiger partial charge < -0.3 is 10.3 Å². The van der Waals surface area contributed by atoms with E-state index in [-0.39, 0.29) is 33.4 Å². The number of thioether (sulfide) groups is 1. The van der Waals surface area contributed by atoms with Gasteiger partial charge in [0.25, 0.3) is 11.2 Å². The maximum absolute atomic E-state index is 12.4. The number of anilines is 1. The number of carbonyl (C=O) groups excluding carboxylic acids is 1. The Labute approximate surface area is 185 Å². The van der Waals surface area contributed by atoms with Crippen LogP contribution in [0, 0.1) is 24.0 Å². The summed E-state index contributed by atoms with van der Waals surface area (Å²) in [6, 6.07) is 11.5. The molecule has 0 saturated heterocycles. The first-order valence-corrected chi connectivity index (χ1v) is 10.5. The standard InChI is InChI=1S/C21H18N6O4S/c1-12-7-13(2)9-14(8-12)23-18(28)11-32-21-24-19-17(20(29)25-21)10-22-26(19)15-3-5-16(6-4-15)27(30)31/h3-10H,11H2,1-2H3,(H,23,28)(H,24,25,29). The van der Waals surface area contributed by atoms with Crippen LogP contribution in [0.15, 0.2) is 58.6 Å². The molecule has 0 aliphatic heterocycles. The Kier molecular flexibility index (Phi) is 5.73. The van der Waals surface area contributed by atoms with Crippen LogP contribution in [0.3, 0.4) is 0 Å². The Morgan fingerprint density at radius 3 is 2.53 bits per heavy atom. The second kappa shape index (κ2) is 8.63. The topological polar surface area (TPSA) is 136 Å². The van der Waals surface area contributed by atoms with Crippen LogP contribution in [0.25, 0.3) is 16.7 Å². The van der Waals surface area contributed by atoms with Crippen LogP contribution in [0.4, 0.5) is 11.4 Å². The average Bonchev–Trinajstić information content (AvgIpc) is 3.16.